The van der Waals surface area contributed by atoms with E-state index in [0.717, 1.165) is 0 Å². The number of rotatable bonds is 0. The standard InChI is InChI=1S/Ga.Li.2O.Ti.4H/q;+1;;;;;;;-1. The van der Waals surface area contributed by atoms with Crippen molar-refractivity contribution in [2.45, 2.75) is 0 Å². The maximum atomic E-state index is 8.50. The van der Waals surface area contributed by atoms with Crippen LogP contribution in [0.5, 0.6) is 0 Å². The molecule has 0 aromatic rings. The Kier molecular flexibility index (Phi) is 56.6. The van der Waals surface area contributed by atoms with Crippen LogP contribution >= 0.6 is 0 Å². The summed E-state index contributed by atoms with van der Waals surface area (Å²) in [5, 5.41) is 0. The van der Waals surface area contributed by atoms with Gasteiger partial charge in [-0.1, -0.05) is 0 Å². The van der Waals surface area contributed by atoms with E-state index in [9.17, 15) is 0 Å². The van der Waals surface area contributed by atoms with E-state index >= 15 is 0 Å². The fourth-order valence-electron chi connectivity index (χ4n) is 0. The van der Waals surface area contributed by atoms with Gasteiger partial charge >= 0.3 is 64.4 Å². The third kappa shape index (κ3) is 29.1. The molecule has 0 bridgehead atoms. The quantitative estimate of drug-likeness (QED) is 0.336. The zero-order chi connectivity index (χ0) is 2.71. The van der Waals surface area contributed by atoms with Crippen molar-refractivity contribution in [1.82, 2.24) is 0 Å². The van der Waals surface area contributed by atoms with Crippen LogP contribution in [0, 0.1) is 0 Å². The van der Waals surface area contributed by atoms with Crippen molar-refractivity contribution in [2.75, 3.05) is 0 Å². The first-order chi connectivity index (χ1) is 1.41. The molecular formula is H4GaLiO2Ti. The molecule has 0 aliphatic heterocycles. The molecule has 24 valence electrons. The van der Waals surface area contributed by atoms with Gasteiger partial charge in [0.25, 0.3) is 0 Å². The Labute approximate surface area is 65.4 Å². The third-order valence-electron chi connectivity index (χ3n) is 0. The van der Waals surface area contributed by atoms with Crippen molar-refractivity contribution in [1.29, 1.82) is 0 Å². The first-order valence-corrected chi connectivity index (χ1v) is 1.68. The van der Waals surface area contributed by atoms with Gasteiger partial charge in [-0.15, -0.1) is 0 Å². The molecule has 0 aromatic carbocycles. The first-order valence-electron chi connectivity index (χ1n) is 0.408. The Bertz CT molecular complexity index is 34.5. The van der Waals surface area contributed by atoms with Crippen LogP contribution in [-0.2, 0) is 25.7 Å². The van der Waals surface area contributed by atoms with Crippen LogP contribution < -0.4 is 18.9 Å². The van der Waals surface area contributed by atoms with E-state index in [1.165, 1.54) is 0 Å². The molecule has 0 atom stereocenters. The summed E-state index contributed by atoms with van der Waals surface area (Å²) in [7, 11) is 0. The number of hydrogen-bond donors (Lipinski definition) is 0. The van der Waals surface area contributed by atoms with Gasteiger partial charge in [-0.25, -0.2) is 0 Å². The van der Waals surface area contributed by atoms with Gasteiger partial charge < -0.3 is 1.43 Å². The molecule has 0 aromatic heterocycles. The fourth-order valence-corrected chi connectivity index (χ4v) is 0. The minimum atomic E-state index is -2.00. The fraction of sp³-hybridized carbons (Fsp3) is 0. The molecule has 0 radical (unpaired) electrons. The molecule has 0 aliphatic rings. The SMILES string of the molecule is [GaH3].[H-].[Li+].[O]=[Ti]=[O]. The van der Waals surface area contributed by atoms with Crippen LogP contribution in [0.1, 0.15) is 1.43 Å². The van der Waals surface area contributed by atoms with Crippen molar-refractivity contribution in [3.8, 4) is 0 Å². The van der Waals surface area contributed by atoms with E-state index in [-0.39, 0.29) is 40.1 Å². The van der Waals surface area contributed by atoms with E-state index in [4.69, 9.17) is 6.65 Å². The maximum absolute atomic E-state index is 8.50. The second kappa shape index (κ2) is 17.7. The van der Waals surface area contributed by atoms with Crippen LogP contribution in [0.15, 0.2) is 0 Å². The normalized spacial score (nSPS) is 1.60. The molecule has 2 nitrogen and oxygen atoms in total. The van der Waals surface area contributed by atoms with Crippen LogP contribution in [0.25, 0.3) is 0 Å². The van der Waals surface area contributed by atoms with Gasteiger partial charge in [-0.05, 0) is 0 Å². The Morgan fingerprint density at radius 2 is 1.40 bits per heavy atom. The van der Waals surface area contributed by atoms with Gasteiger partial charge in [0.15, 0.2) is 0 Å². The van der Waals surface area contributed by atoms with Crippen molar-refractivity contribution in [2.24, 2.45) is 0 Å². The molecule has 0 heterocycles. The Morgan fingerprint density at radius 3 is 1.40 bits per heavy atom. The topological polar surface area (TPSA) is 34.1 Å². The molecule has 0 fully saturated rings. The summed E-state index contributed by atoms with van der Waals surface area (Å²) in [4.78, 5) is 0. The predicted molar refractivity (Wildman–Crippen MR) is 12.4 cm³/mol. The van der Waals surface area contributed by atoms with Gasteiger partial charge in [-0.2, -0.15) is 0 Å². The molecule has 0 rings (SSSR count). The van der Waals surface area contributed by atoms with Crippen molar-refractivity contribution >= 4 is 19.8 Å². The summed E-state index contributed by atoms with van der Waals surface area (Å²) >= 11 is -2.00. The Balaban J connectivity index is -0.00000000667. The molecule has 0 spiro atoms. The second-order valence-corrected chi connectivity index (χ2v) is 0.344. The van der Waals surface area contributed by atoms with Crippen molar-refractivity contribution in [3.63, 3.8) is 0 Å². The van der Waals surface area contributed by atoms with Gasteiger partial charge in [0.1, 0.15) is 0 Å². The monoisotopic (exact) mass is 160 g/mol. The summed E-state index contributed by atoms with van der Waals surface area (Å²) in [5.41, 5.74) is 0. The van der Waals surface area contributed by atoms with Gasteiger partial charge in [-0.3, -0.25) is 0 Å². The summed E-state index contributed by atoms with van der Waals surface area (Å²) in [6, 6.07) is 0. The average Bonchev–Trinajstić information content (AvgIpc) is 0.918. The van der Waals surface area contributed by atoms with Crippen LogP contribution in [0.2, 0.25) is 0 Å². The minimum absolute atomic E-state index is 0. The van der Waals surface area contributed by atoms with E-state index in [1.807, 2.05) is 0 Å². The van der Waals surface area contributed by atoms with Gasteiger partial charge in [0, 0.05) is 0 Å². The summed E-state index contributed by atoms with van der Waals surface area (Å²) in [6.45, 7) is 0. The van der Waals surface area contributed by atoms with Gasteiger partial charge in [0.05, 0.1) is 0 Å². The van der Waals surface area contributed by atoms with E-state index in [0.29, 0.717) is 0 Å². The number of hydrogen-bond acceptors (Lipinski definition) is 2. The van der Waals surface area contributed by atoms with Gasteiger partial charge in [0.2, 0.25) is 0 Å². The molecule has 0 N–H and O–H groups in total. The molecule has 0 unspecified atom stereocenters. The summed E-state index contributed by atoms with van der Waals surface area (Å²) in [6.07, 6.45) is 0. The summed E-state index contributed by atoms with van der Waals surface area (Å²) < 4.78 is 17.0. The Morgan fingerprint density at radius 1 is 1.40 bits per heavy atom. The molecule has 5 heavy (non-hydrogen) atoms. The van der Waals surface area contributed by atoms with Crippen LogP contribution in [0.4, 0.5) is 0 Å². The molecule has 0 saturated carbocycles. The zero-order valence-corrected chi connectivity index (χ0v) is 3.88. The van der Waals surface area contributed by atoms with Crippen molar-refractivity contribution < 1.29 is 46.0 Å². The zero-order valence-electron chi connectivity index (χ0n) is 3.32. The van der Waals surface area contributed by atoms with Crippen LogP contribution in [0.3, 0.4) is 0 Å². The van der Waals surface area contributed by atoms with E-state index in [1.54, 1.807) is 0 Å². The molecule has 5 heteroatoms. The summed E-state index contributed by atoms with van der Waals surface area (Å²) in [5.74, 6) is 0. The van der Waals surface area contributed by atoms with E-state index in [2.05, 4.69) is 0 Å². The van der Waals surface area contributed by atoms with Crippen LogP contribution in [-0.4, -0.2) is 19.8 Å². The molecular weight excluding hydrogens is 157 g/mol. The first kappa shape index (κ1) is 16.0. The average molecular weight is 161 g/mol. The van der Waals surface area contributed by atoms with Crippen molar-refractivity contribution in [3.05, 3.63) is 0 Å². The predicted octanol–water partition coefficient (Wildman–Crippen LogP) is -4.31. The third-order valence-corrected chi connectivity index (χ3v) is 0. The van der Waals surface area contributed by atoms with E-state index < -0.39 is 19.1 Å². The molecule has 0 saturated heterocycles. The Hall–Kier alpha value is 1.55. The molecule has 0 amide bonds. The molecule has 0 aliphatic carbocycles. The second-order valence-electron chi connectivity index (χ2n) is 0.0833.